The Hall–Kier alpha value is -0.410. The molecule has 3 heteroatoms. The summed E-state index contributed by atoms with van der Waals surface area (Å²) in [4.78, 5) is 4.82. The van der Waals surface area contributed by atoms with Gasteiger partial charge in [-0.1, -0.05) is 27.7 Å². The van der Waals surface area contributed by atoms with Crippen LogP contribution in [0.3, 0.4) is 0 Å². The van der Waals surface area contributed by atoms with Crippen molar-refractivity contribution in [2.45, 2.75) is 52.4 Å². The van der Waals surface area contributed by atoms with E-state index in [0.717, 1.165) is 18.4 Å². The lowest BCUT2D eigenvalue weighted by Crippen LogP contribution is -2.36. The van der Waals surface area contributed by atoms with Crippen molar-refractivity contribution in [3.05, 3.63) is 16.1 Å². The van der Waals surface area contributed by atoms with Crippen molar-refractivity contribution in [2.24, 2.45) is 11.8 Å². The highest BCUT2D eigenvalue weighted by Crippen LogP contribution is 2.37. The Labute approximate surface area is 115 Å². The summed E-state index contributed by atoms with van der Waals surface area (Å²) in [5.74, 6) is 1.75. The lowest BCUT2D eigenvalue weighted by Gasteiger charge is -2.36. The molecule has 1 N–H and O–H groups in total. The lowest BCUT2D eigenvalue weighted by molar-refractivity contribution is 0.171. The minimum Gasteiger partial charge on any atom is -0.317 e. The molecule has 2 rings (SSSR count). The maximum Gasteiger partial charge on any atom is 0.0931 e. The van der Waals surface area contributed by atoms with E-state index < -0.39 is 0 Å². The minimum absolute atomic E-state index is 0.192. The molecule has 2 nitrogen and oxygen atoms in total. The van der Waals surface area contributed by atoms with Crippen LogP contribution in [0.15, 0.2) is 5.38 Å². The molecular weight excluding hydrogens is 240 g/mol. The number of hydrogen-bond acceptors (Lipinski definition) is 3. The topological polar surface area (TPSA) is 24.9 Å². The summed E-state index contributed by atoms with van der Waals surface area (Å²) in [7, 11) is 0. The number of aromatic nitrogens is 1. The van der Waals surface area contributed by atoms with Crippen LogP contribution in [0.4, 0.5) is 0 Å². The van der Waals surface area contributed by atoms with Crippen molar-refractivity contribution in [3.8, 4) is 0 Å². The second-order valence-corrected chi connectivity index (χ2v) is 7.43. The number of rotatable bonds is 5. The molecule has 1 aliphatic rings. The van der Waals surface area contributed by atoms with Crippen LogP contribution in [0.2, 0.25) is 0 Å². The molecule has 0 saturated heterocycles. The van der Waals surface area contributed by atoms with E-state index in [4.69, 9.17) is 4.98 Å². The molecule has 1 aliphatic carbocycles. The van der Waals surface area contributed by atoms with Gasteiger partial charge in [-0.25, -0.2) is 4.98 Å². The van der Waals surface area contributed by atoms with E-state index in [1.165, 1.54) is 36.5 Å². The van der Waals surface area contributed by atoms with Crippen molar-refractivity contribution >= 4 is 11.3 Å². The zero-order valence-corrected chi connectivity index (χ0v) is 12.9. The van der Waals surface area contributed by atoms with Gasteiger partial charge in [0.1, 0.15) is 0 Å². The Kier molecular flexibility index (Phi) is 4.44. The zero-order valence-electron chi connectivity index (χ0n) is 12.1. The Morgan fingerprint density at radius 2 is 2.06 bits per heavy atom. The molecule has 0 aliphatic heterocycles. The first-order valence-corrected chi connectivity index (χ1v) is 8.04. The van der Waals surface area contributed by atoms with Crippen LogP contribution in [-0.4, -0.2) is 18.1 Å². The molecule has 1 heterocycles. The maximum atomic E-state index is 4.82. The molecule has 2 atom stereocenters. The fraction of sp³-hybridized carbons (Fsp3) is 0.800. The molecule has 0 radical (unpaired) electrons. The average Bonchev–Trinajstić information content (AvgIpc) is 2.73. The van der Waals surface area contributed by atoms with Crippen LogP contribution in [0.1, 0.15) is 51.2 Å². The lowest BCUT2D eigenvalue weighted by atomic mass is 9.72. The van der Waals surface area contributed by atoms with Crippen LogP contribution >= 0.6 is 11.3 Å². The smallest absolute Gasteiger partial charge is 0.0931 e. The summed E-state index contributed by atoms with van der Waals surface area (Å²) in [5.41, 5.74) is 1.45. The third-order valence-corrected chi connectivity index (χ3v) is 4.86. The van der Waals surface area contributed by atoms with E-state index in [1.807, 2.05) is 11.3 Å². The second kappa shape index (κ2) is 5.70. The SMILES string of the molecule is CCNCC1CCC1Cc1nc(C(C)(C)C)cs1. The maximum absolute atomic E-state index is 4.82. The first kappa shape index (κ1) is 14.0. The Morgan fingerprint density at radius 3 is 2.56 bits per heavy atom. The van der Waals surface area contributed by atoms with Gasteiger partial charge in [0.2, 0.25) is 0 Å². The summed E-state index contributed by atoms with van der Waals surface area (Å²) < 4.78 is 0. The third-order valence-electron chi connectivity index (χ3n) is 3.99. The zero-order chi connectivity index (χ0) is 13.2. The molecule has 0 bridgehead atoms. The number of thiazole rings is 1. The van der Waals surface area contributed by atoms with E-state index >= 15 is 0 Å². The van der Waals surface area contributed by atoms with E-state index in [1.54, 1.807) is 0 Å². The van der Waals surface area contributed by atoms with Gasteiger partial charge in [0.05, 0.1) is 10.7 Å². The average molecular weight is 266 g/mol. The molecule has 0 amide bonds. The molecule has 0 aromatic carbocycles. The minimum atomic E-state index is 0.192. The van der Waals surface area contributed by atoms with Crippen LogP contribution < -0.4 is 5.32 Å². The van der Waals surface area contributed by atoms with Crippen molar-refractivity contribution in [2.75, 3.05) is 13.1 Å². The molecule has 1 aromatic heterocycles. The number of nitrogens with zero attached hydrogens (tertiary/aromatic N) is 1. The van der Waals surface area contributed by atoms with Gasteiger partial charge in [-0.15, -0.1) is 11.3 Å². The van der Waals surface area contributed by atoms with Crippen LogP contribution in [0, 0.1) is 11.8 Å². The fourth-order valence-electron chi connectivity index (χ4n) is 2.48. The molecule has 1 aromatic rings. The molecule has 102 valence electrons. The quantitative estimate of drug-likeness (QED) is 0.880. The molecule has 2 unspecified atom stereocenters. The van der Waals surface area contributed by atoms with Gasteiger partial charge < -0.3 is 5.32 Å². The number of hydrogen-bond donors (Lipinski definition) is 1. The first-order chi connectivity index (χ1) is 8.50. The van der Waals surface area contributed by atoms with E-state index in [0.29, 0.717) is 0 Å². The predicted molar refractivity (Wildman–Crippen MR) is 79.3 cm³/mol. The van der Waals surface area contributed by atoms with Gasteiger partial charge in [0.25, 0.3) is 0 Å². The summed E-state index contributed by atoms with van der Waals surface area (Å²) in [5, 5.41) is 7.06. The Bertz CT molecular complexity index is 378. The highest BCUT2D eigenvalue weighted by molar-refractivity contribution is 7.09. The van der Waals surface area contributed by atoms with Crippen molar-refractivity contribution < 1.29 is 0 Å². The summed E-state index contributed by atoms with van der Waals surface area (Å²) >= 11 is 1.85. The predicted octanol–water partition coefficient (Wildman–Crippen LogP) is 3.62. The van der Waals surface area contributed by atoms with Crippen molar-refractivity contribution in [3.63, 3.8) is 0 Å². The van der Waals surface area contributed by atoms with Gasteiger partial charge in [0.15, 0.2) is 0 Å². The summed E-state index contributed by atoms with van der Waals surface area (Å²) in [6, 6.07) is 0. The molecule has 1 fully saturated rings. The van der Waals surface area contributed by atoms with E-state index in [2.05, 4.69) is 38.4 Å². The van der Waals surface area contributed by atoms with Gasteiger partial charge in [-0.2, -0.15) is 0 Å². The van der Waals surface area contributed by atoms with E-state index in [-0.39, 0.29) is 5.41 Å². The van der Waals surface area contributed by atoms with Gasteiger partial charge >= 0.3 is 0 Å². The monoisotopic (exact) mass is 266 g/mol. The highest BCUT2D eigenvalue weighted by Gasteiger charge is 2.31. The third kappa shape index (κ3) is 3.33. The molecular formula is C15H26N2S. The molecule has 0 spiro atoms. The summed E-state index contributed by atoms with van der Waals surface area (Å²) in [6.07, 6.45) is 3.98. The molecule has 18 heavy (non-hydrogen) atoms. The summed E-state index contributed by atoms with van der Waals surface area (Å²) in [6.45, 7) is 11.2. The standard InChI is InChI=1S/C15H26N2S/c1-5-16-9-12-7-6-11(12)8-14-17-13(10-18-14)15(2,3)4/h10-12,16H,5-9H2,1-4H3. The van der Waals surface area contributed by atoms with Gasteiger partial charge in [0, 0.05) is 17.2 Å². The normalized spacial score (nSPS) is 24.0. The van der Waals surface area contributed by atoms with Crippen LogP contribution in [-0.2, 0) is 11.8 Å². The van der Waals surface area contributed by atoms with Gasteiger partial charge in [-0.05, 0) is 37.8 Å². The van der Waals surface area contributed by atoms with Gasteiger partial charge in [-0.3, -0.25) is 0 Å². The van der Waals surface area contributed by atoms with E-state index in [9.17, 15) is 0 Å². The van der Waals surface area contributed by atoms with Crippen LogP contribution in [0.5, 0.6) is 0 Å². The largest absolute Gasteiger partial charge is 0.317 e. The Balaban J connectivity index is 1.88. The number of nitrogens with one attached hydrogen (secondary N) is 1. The first-order valence-electron chi connectivity index (χ1n) is 7.16. The molecule has 1 saturated carbocycles. The van der Waals surface area contributed by atoms with Crippen molar-refractivity contribution in [1.29, 1.82) is 0 Å². The fourth-order valence-corrected chi connectivity index (χ4v) is 3.59. The second-order valence-electron chi connectivity index (χ2n) is 6.49. The van der Waals surface area contributed by atoms with Crippen molar-refractivity contribution in [1.82, 2.24) is 10.3 Å². The Morgan fingerprint density at radius 1 is 1.33 bits per heavy atom. The van der Waals surface area contributed by atoms with Crippen LogP contribution in [0.25, 0.3) is 0 Å². The highest BCUT2D eigenvalue weighted by atomic mass is 32.1.